The molecule has 1 fully saturated rings. The first-order valence-electron chi connectivity index (χ1n) is 11.9. The van der Waals surface area contributed by atoms with Crippen LogP contribution in [0.5, 0.6) is 0 Å². The molecule has 2 atom stereocenters. The third-order valence-corrected chi connectivity index (χ3v) is 7.32. The second-order valence-corrected chi connectivity index (χ2v) is 9.48. The van der Waals surface area contributed by atoms with E-state index in [2.05, 4.69) is 46.1 Å². The van der Waals surface area contributed by atoms with Gasteiger partial charge in [0.1, 0.15) is 5.82 Å². The Bertz CT molecular complexity index is 1320. The number of nitrogens with zero attached hydrogens (tertiary/aromatic N) is 6. The van der Waals surface area contributed by atoms with E-state index in [1.165, 1.54) is 0 Å². The number of likely N-dealkylation sites (tertiary alicyclic amines) is 1. The fraction of sp³-hybridized carbons (Fsp3) is 0.462. The molecule has 0 radical (unpaired) electrons. The fourth-order valence-electron chi connectivity index (χ4n) is 5.39. The van der Waals surface area contributed by atoms with Gasteiger partial charge in [0.15, 0.2) is 5.65 Å². The lowest BCUT2D eigenvalue weighted by Gasteiger charge is -2.42. The average Bonchev–Trinajstić information content (AvgIpc) is 3.20. The second-order valence-electron chi connectivity index (χ2n) is 9.48. The zero-order chi connectivity index (χ0) is 23.3. The smallest absolute Gasteiger partial charge is 0.156 e. The molecular formula is C26H31FN6. The van der Waals surface area contributed by atoms with Gasteiger partial charge in [0.25, 0.3) is 0 Å². The molecule has 6 nitrogen and oxygen atoms in total. The van der Waals surface area contributed by atoms with E-state index in [4.69, 9.17) is 0 Å². The minimum Gasteiger partial charge on any atom is -0.300 e. The van der Waals surface area contributed by atoms with Gasteiger partial charge < -0.3 is 4.90 Å². The van der Waals surface area contributed by atoms with E-state index in [-0.39, 0.29) is 5.82 Å². The summed E-state index contributed by atoms with van der Waals surface area (Å²) < 4.78 is 17.1. The number of piperidine rings is 1. The van der Waals surface area contributed by atoms with Gasteiger partial charge in [0, 0.05) is 29.0 Å². The predicted octanol–water partition coefficient (Wildman–Crippen LogP) is 5.46. The van der Waals surface area contributed by atoms with Crippen LogP contribution in [0.4, 0.5) is 4.39 Å². The molecule has 0 saturated carbocycles. The summed E-state index contributed by atoms with van der Waals surface area (Å²) in [6, 6.07) is 8.34. The summed E-state index contributed by atoms with van der Waals surface area (Å²) in [4.78, 5) is 7.00. The summed E-state index contributed by atoms with van der Waals surface area (Å²) in [6.07, 6.45) is 6.17. The van der Waals surface area contributed by atoms with E-state index in [0.29, 0.717) is 40.2 Å². The predicted molar refractivity (Wildman–Crippen MR) is 129 cm³/mol. The van der Waals surface area contributed by atoms with Crippen molar-refractivity contribution in [1.82, 2.24) is 29.7 Å². The number of hydrogen-bond donors (Lipinski definition) is 0. The molecule has 4 aromatic rings. The van der Waals surface area contributed by atoms with Crippen LogP contribution >= 0.6 is 0 Å². The Hall–Kier alpha value is -2.93. The maximum atomic E-state index is 15.3. The number of halogens is 1. The Labute approximate surface area is 193 Å². The monoisotopic (exact) mass is 446 g/mol. The number of aromatic nitrogens is 5. The first kappa shape index (κ1) is 21.9. The third kappa shape index (κ3) is 3.88. The molecule has 0 spiro atoms. The molecule has 0 unspecified atom stereocenters. The maximum Gasteiger partial charge on any atom is 0.156 e. The van der Waals surface area contributed by atoms with Crippen LogP contribution in [0, 0.1) is 19.7 Å². The van der Waals surface area contributed by atoms with Crippen molar-refractivity contribution in [2.45, 2.75) is 71.4 Å². The molecular weight excluding hydrogens is 415 g/mol. The van der Waals surface area contributed by atoms with Crippen molar-refractivity contribution >= 4 is 16.6 Å². The number of fused-ring (bicyclic) bond motifs is 2. The number of benzene rings is 1. The van der Waals surface area contributed by atoms with Crippen molar-refractivity contribution in [3.05, 3.63) is 53.2 Å². The van der Waals surface area contributed by atoms with Gasteiger partial charge in [-0.15, -0.1) is 0 Å². The number of imidazole rings is 1. The molecule has 1 saturated heterocycles. The molecule has 1 aliphatic heterocycles. The molecule has 33 heavy (non-hydrogen) atoms. The van der Waals surface area contributed by atoms with Crippen LogP contribution < -0.4 is 0 Å². The molecule has 0 bridgehead atoms. The van der Waals surface area contributed by atoms with E-state index in [1.54, 1.807) is 10.6 Å². The Morgan fingerprint density at radius 3 is 2.42 bits per heavy atom. The number of rotatable bonds is 4. The molecule has 1 aromatic carbocycles. The van der Waals surface area contributed by atoms with Crippen LogP contribution in [0.25, 0.3) is 27.8 Å². The number of hydrogen-bond acceptors (Lipinski definition) is 5. The van der Waals surface area contributed by atoms with Gasteiger partial charge in [0.05, 0.1) is 28.8 Å². The van der Waals surface area contributed by atoms with Crippen LogP contribution in [-0.4, -0.2) is 48.8 Å². The van der Waals surface area contributed by atoms with Crippen molar-refractivity contribution in [1.29, 1.82) is 0 Å². The van der Waals surface area contributed by atoms with Gasteiger partial charge in [-0.3, -0.25) is 0 Å². The highest BCUT2D eigenvalue weighted by Crippen LogP contribution is 2.37. The Morgan fingerprint density at radius 2 is 1.73 bits per heavy atom. The molecule has 0 N–H and O–H groups in total. The lowest BCUT2D eigenvalue weighted by atomic mass is 9.82. The molecule has 7 heteroatoms. The summed E-state index contributed by atoms with van der Waals surface area (Å²) in [7, 11) is 2.23. The molecule has 1 aliphatic rings. The summed E-state index contributed by atoms with van der Waals surface area (Å²) in [5, 5.41) is 14.2. The molecule has 4 heterocycles. The van der Waals surface area contributed by atoms with E-state index >= 15 is 4.39 Å². The fourth-order valence-corrected chi connectivity index (χ4v) is 5.39. The Balaban J connectivity index is 1.52. The van der Waals surface area contributed by atoms with Gasteiger partial charge in [-0.2, -0.15) is 15.3 Å². The second kappa shape index (κ2) is 8.45. The zero-order valence-corrected chi connectivity index (χ0v) is 20.0. The van der Waals surface area contributed by atoms with Gasteiger partial charge >= 0.3 is 0 Å². The summed E-state index contributed by atoms with van der Waals surface area (Å²) in [5.41, 5.74) is 5.55. The topological polar surface area (TPSA) is 59.2 Å². The van der Waals surface area contributed by atoms with Crippen LogP contribution in [0.2, 0.25) is 0 Å². The van der Waals surface area contributed by atoms with Crippen molar-refractivity contribution in [2.75, 3.05) is 7.05 Å². The normalized spacial score (nSPS) is 21.8. The quantitative estimate of drug-likeness (QED) is 0.416. The molecule has 3 aromatic heterocycles. The first-order valence-corrected chi connectivity index (χ1v) is 11.9. The van der Waals surface area contributed by atoms with Crippen LogP contribution in [0.1, 0.15) is 62.4 Å². The molecule has 5 rings (SSSR count). The molecule has 172 valence electrons. The molecule has 0 amide bonds. The third-order valence-electron chi connectivity index (χ3n) is 7.32. The van der Waals surface area contributed by atoms with Gasteiger partial charge in [-0.1, -0.05) is 13.8 Å². The van der Waals surface area contributed by atoms with Crippen LogP contribution in [-0.2, 0) is 0 Å². The minimum atomic E-state index is -0.285. The Kier molecular flexibility index (Phi) is 5.60. The van der Waals surface area contributed by atoms with Gasteiger partial charge in [-0.25, -0.2) is 13.9 Å². The Morgan fingerprint density at radius 1 is 1.00 bits per heavy atom. The number of aryl methyl sites for hydroxylation is 2. The van der Waals surface area contributed by atoms with E-state index in [0.717, 1.165) is 48.3 Å². The SMILES string of the molecule is CC[C@@H]1CC(c2cc3c(F)cc(-c4cc(C)c5nc(C)cn5n4)cc3nn2)C[C@@H](CC)N1C. The van der Waals surface area contributed by atoms with E-state index in [9.17, 15) is 0 Å². The van der Waals surface area contributed by atoms with Crippen LogP contribution in [0.15, 0.2) is 30.5 Å². The van der Waals surface area contributed by atoms with Crippen LogP contribution in [0.3, 0.4) is 0 Å². The summed E-state index contributed by atoms with van der Waals surface area (Å²) in [6.45, 7) is 8.40. The van der Waals surface area contributed by atoms with Crippen molar-refractivity contribution in [3.63, 3.8) is 0 Å². The standard InChI is InChI=1S/C26H31FN6/c1-6-19-9-17(10-20(7-2)32(19)5)23-13-21-22(27)11-18(12-25(21)30-29-23)24-8-15(3)26-28-16(4)14-33(26)31-24/h8,11-14,17,19-20H,6-7,9-10H2,1-5H3/t19-,20-/m1/s1. The molecule has 0 aliphatic carbocycles. The highest BCUT2D eigenvalue weighted by molar-refractivity contribution is 5.84. The van der Waals surface area contributed by atoms with Crippen molar-refractivity contribution in [3.8, 4) is 11.3 Å². The summed E-state index contributed by atoms with van der Waals surface area (Å²) >= 11 is 0. The first-order chi connectivity index (χ1) is 15.9. The maximum absolute atomic E-state index is 15.3. The highest BCUT2D eigenvalue weighted by Gasteiger charge is 2.33. The summed E-state index contributed by atoms with van der Waals surface area (Å²) in [5.74, 6) is 0.0234. The van der Waals surface area contributed by atoms with Gasteiger partial charge in [-0.05, 0) is 76.4 Å². The average molecular weight is 447 g/mol. The lowest BCUT2D eigenvalue weighted by molar-refractivity contribution is 0.0937. The zero-order valence-electron chi connectivity index (χ0n) is 20.0. The van der Waals surface area contributed by atoms with E-state index < -0.39 is 0 Å². The van der Waals surface area contributed by atoms with Gasteiger partial charge in [0.2, 0.25) is 0 Å². The highest BCUT2D eigenvalue weighted by atomic mass is 19.1. The van der Waals surface area contributed by atoms with Crippen molar-refractivity contribution in [2.24, 2.45) is 0 Å². The lowest BCUT2D eigenvalue weighted by Crippen LogP contribution is -2.45. The van der Waals surface area contributed by atoms with E-state index in [1.807, 2.05) is 38.2 Å². The largest absolute Gasteiger partial charge is 0.300 e. The minimum absolute atomic E-state index is 0.285. The van der Waals surface area contributed by atoms with Crippen molar-refractivity contribution < 1.29 is 4.39 Å².